The van der Waals surface area contributed by atoms with Crippen molar-refractivity contribution in [2.75, 3.05) is 0 Å². The fraction of sp³-hybridized carbons (Fsp3) is 0.0370. The van der Waals surface area contributed by atoms with Crippen molar-refractivity contribution in [3.8, 4) is 28.9 Å². The fourth-order valence-corrected chi connectivity index (χ4v) is 4.67. The van der Waals surface area contributed by atoms with E-state index < -0.39 is 34.3 Å². The molecule has 2 aromatic heterocycles. The molecule has 0 aliphatic carbocycles. The Kier molecular flexibility index (Phi) is 5.01. The molecule has 0 saturated carbocycles. The number of rotatable bonds is 3. The molecule has 1 aliphatic heterocycles. The van der Waals surface area contributed by atoms with Crippen LogP contribution in [0.2, 0.25) is 0 Å². The van der Waals surface area contributed by atoms with E-state index in [9.17, 15) is 24.3 Å². The van der Waals surface area contributed by atoms with Crippen LogP contribution in [0.3, 0.4) is 0 Å². The van der Waals surface area contributed by atoms with Gasteiger partial charge in [-0.05, 0) is 30.3 Å². The zero-order valence-electron chi connectivity index (χ0n) is 19.0. The van der Waals surface area contributed by atoms with Gasteiger partial charge in [-0.25, -0.2) is 18.7 Å². The monoisotopic (exact) mass is 494 g/mol. The zero-order chi connectivity index (χ0) is 25.7. The van der Waals surface area contributed by atoms with Crippen molar-refractivity contribution in [3.05, 3.63) is 143 Å². The number of nitrogens with zero attached hydrogens (tertiary/aromatic N) is 2. The summed E-state index contributed by atoms with van der Waals surface area (Å²) in [5.74, 6) is -1.67. The molecule has 0 amide bonds. The Morgan fingerprint density at radius 1 is 0.676 bits per heavy atom. The summed E-state index contributed by atoms with van der Waals surface area (Å²) < 4.78 is 7.76. The van der Waals surface area contributed by atoms with Gasteiger partial charge in [-0.3, -0.25) is 19.6 Å². The number of aromatic nitrogens is 4. The van der Waals surface area contributed by atoms with Crippen molar-refractivity contribution in [2.24, 2.45) is 0 Å². The van der Waals surface area contributed by atoms with E-state index in [0.717, 1.165) is 9.13 Å². The average molecular weight is 494 g/mol. The van der Waals surface area contributed by atoms with Crippen LogP contribution in [0.15, 0.2) is 104 Å². The van der Waals surface area contributed by atoms with Crippen LogP contribution in [0.4, 0.5) is 0 Å². The molecule has 3 aromatic carbocycles. The lowest BCUT2D eigenvalue weighted by Gasteiger charge is -2.28. The maximum atomic E-state index is 13.9. The van der Waals surface area contributed by atoms with Gasteiger partial charge in [0, 0.05) is 5.56 Å². The third-order valence-electron chi connectivity index (χ3n) is 6.27. The summed E-state index contributed by atoms with van der Waals surface area (Å²) in [5.41, 5.74) is -2.49. The Bertz CT molecular complexity index is 1900. The standard InChI is InChI=1S/C27H18N4O6/c32-22-20(24(33)30(26(35)28-22)15-9-3-1-4-10-15)19-17-13-7-8-14-18(17)37-23-21(19)25(34)31(27(36)29-23)16-11-5-2-6-12-16/h1-14,19,33H,(H,29,36)(H,28,32,35). The molecule has 0 radical (unpaired) electrons. The first kappa shape index (κ1) is 22.1. The van der Waals surface area contributed by atoms with Crippen LogP contribution >= 0.6 is 0 Å². The van der Waals surface area contributed by atoms with Crippen LogP contribution in [0, 0.1) is 0 Å². The topological polar surface area (TPSA) is 139 Å². The Morgan fingerprint density at radius 3 is 1.92 bits per heavy atom. The molecular formula is C27H18N4O6. The number of fused-ring (bicyclic) bond motifs is 2. The molecule has 37 heavy (non-hydrogen) atoms. The van der Waals surface area contributed by atoms with E-state index in [1.54, 1.807) is 84.9 Å². The first-order valence-corrected chi connectivity index (χ1v) is 11.3. The largest absolute Gasteiger partial charge is 0.494 e. The number of hydrogen-bond acceptors (Lipinski definition) is 6. The van der Waals surface area contributed by atoms with Crippen LogP contribution < -0.4 is 27.2 Å². The van der Waals surface area contributed by atoms with Gasteiger partial charge < -0.3 is 9.84 Å². The van der Waals surface area contributed by atoms with Crippen LogP contribution in [0.5, 0.6) is 17.5 Å². The van der Waals surface area contributed by atoms with Crippen LogP contribution in [0.1, 0.15) is 22.6 Å². The smallest absolute Gasteiger partial charge is 0.335 e. The van der Waals surface area contributed by atoms with E-state index in [1.165, 1.54) is 0 Å². The highest BCUT2D eigenvalue weighted by atomic mass is 16.5. The number of hydrogen-bond donors (Lipinski definition) is 3. The Hall–Kier alpha value is -5.38. The molecule has 182 valence electrons. The Labute approximate surface area is 207 Å². The number of aromatic amines is 2. The molecule has 3 heterocycles. The molecule has 0 bridgehead atoms. The van der Waals surface area contributed by atoms with E-state index >= 15 is 0 Å². The normalized spacial score (nSPS) is 13.9. The number of nitrogens with one attached hydrogen (secondary N) is 2. The maximum Gasteiger partial charge on any atom is 0.335 e. The predicted octanol–water partition coefficient (Wildman–Crippen LogP) is 2.36. The minimum Gasteiger partial charge on any atom is -0.494 e. The van der Waals surface area contributed by atoms with E-state index in [-0.39, 0.29) is 22.8 Å². The molecule has 10 nitrogen and oxygen atoms in total. The highest BCUT2D eigenvalue weighted by Crippen LogP contribution is 2.45. The molecular weight excluding hydrogens is 476 g/mol. The highest BCUT2D eigenvalue weighted by Gasteiger charge is 2.37. The number of para-hydroxylation sites is 3. The summed E-state index contributed by atoms with van der Waals surface area (Å²) >= 11 is 0. The number of aromatic hydroxyl groups is 1. The van der Waals surface area contributed by atoms with Gasteiger partial charge in [0.25, 0.3) is 11.1 Å². The first-order valence-electron chi connectivity index (χ1n) is 11.3. The second kappa shape index (κ2) is 8.38. The molecule has 10 heteroatoms. The van der Waals surface area contributed by atoms with Crippen LogP contribution in [-0.2, 0) is 0 Å². The lowest BCUT2D eigenvalue weighted by Crippen LogP contribution is -2.40. The van der Waals surface area contributed by atoms with E-state index in [0.29, 0.717) is 16.9 Å². The lowest BCUT2D eigenvalue weighted by atomic mass is 9.84. The van der Waals surface area contributed by atoms with Crippen molar-refractivity contribution < 1.29 is 9.84 Å². The van der Waals surface area contributed by atoms with Crippen molar-refractivity contribution in [1.29, 1.82) is 0 Å². The minimum absolute atomic E-state index is 0.0683. The van der Waals surface area contributed by atoms with Crippen molar-refractivity contribution in [3.63, 3.8) is 0 Å². The summed E-state index contributed by atoms with van der Waals surface area (Å²) in [6, 6.07) is 23.2. The third kappa shape index (κ3) is 3.42. The molecule has 1 atom stereocenters. The number of H-pyrrole nitrogens is 2. The summed E-state index contributed by atoms with van der Waals surface area (Å²) in [7, 11) is 0. The molecule has 0 fully saturated rings. The summed E-state index contributed by atoms with van der Waals surface area (Å²) in [5, 5.41) is 11.4. The summed E-state index contributed by atoms with van der Waals surface area (Å²) in [6.45, 7) is 0. The fourth-order valence-electron chi connectivity index (χ4n) is 4.67. The molecule has 6 rings (SSSR count). The van der Waals surface area contributed by atoms with Gasteiger partial charge in [0.2, 0.25) is 11.8 Å². The summed E-state index contributed by atoms with van der Waals surface area (Å²) in [6.07, 6.45) is 0. The molecule has 1 unspecified atom stereocenters. The third-order valence-corrected chi connectivity index (χ3v) is 6.27. The van der Waals surface area contributed by atoms with Gasteiger partial charge in [0.1, 0.15) is 5.75 Å². The van der Waals surface area contributed by atoms with Crippen LogP contribution in [-0.4, -0.2) is 24.2 Å². The van der Waals surface area contributed by atoms with Gasteiger partial charge in [0.15, 0.2) is 0 Å². The second-order valence-electron chi connectivity index (χ2n) is 8.39. The first-order chi connectivity index (χ1) is 18.0. The maximum absolute atomic E-state index is 13.9. The molecule has 1 aliphatic rings. The van der Waals surface area contributed by atoms with Crippen molar-refractivity contribution >= 4 is 0 Å². The SMILES string of the molecule is O=c1[nH]c(=O)n(-c2ccccc2)c(O)c1C1c2ccccc2Oc2[nH]c(=O)n(-c3ccccc3)c(=O)c21. The quantitative estimate of drug-likeness (QED) is 0.345. The zero-order valence-corrected chi connectivity index (χ0v) is 19.0. The van der Waals surface area contributed by atoms with Gasteiger partial charge >= 0.3 is 11.4 Å². The minimum atomic E-state index is -1.17. The van der Waals surface area contributed by atoms with Crippen molar-refractivity contribution in [1.82, 2.24) is 19.1 Å². The van der Waals surface area contributed by atoms with Crippen molar-refractivity contribution in [2.45, 2.75) is 5.92 Å². The van der Waals surface area contributed by atoms with Gasteiger partial charge in [-0.2, -0.15) is 0 Å². The molecule has 5 aromatic rings. The number of ether oxygens (including phenoxy) is 1. The van der Waals surface area contributed by atoms with Gasteiger partial charge in [-0.1, -0.05) is 54.6 Å². The summed E-state index contributed by atoms with van der Waals surface area (Å²) in [4.78, 5) is 57.7. The van der Waals surface area contributed by atoms with Crippen LogP contribution in [0.25, 0.3) is 11.4 Å². The Morgan fingerprint density at radius 2 is 1.24 bits per heavy atom. The lowest BCUT2D eigenvalue weighted by molar-refractivity contribution is 0.406. The second-order valence-corrected chi connectivity index (χ2v) is 8.39. The average Bonchev–Trinajstić information content (AvgIpc) is 2.89. The van der Waals surface area contributed by atoms with E-state index in [4.69, 9.17) is 4.74 Å². The number of benzene rings is 3. The van der Waals surface area contributed by atoms with Gasteiger partial charge in [-0.15, -0.1) is 0 Å². The molecule has 0 spiro atoms. The Balaban J connectivity index is 1.72. The highest BCUT2D eigenvalue weighted by molar-refractivity contribution is 5.58. The van der Waals surface area contributed by atoms with Gasteiger partial charge in [0.05, 0.1) is 28.4 Å². The predicted molar refractivity (Wildman–Crippen MR) is 134 cm³/mol. The molecule has 3 N–H and O–H groups in total. The van der Waals surface area contributed by atoms with E-state index in [2.05, 4.69) is 9.97 Å². The van der Waals surface area contributed by atoms with E-state index in [1.807, 2.05) is 0 Å². The molecule has 0 saturated heterocycles.